The van der Waals surface area contributed by atoms with Crippen LogP contribution in [-0.4, -0.2) is 32.3 Å². The minimum atomic E-state index is -0.422. The average molecular weight is 315 g/mol. The molecule has 1 atom stereocenters. The Morgan fingerprint density at radius 2 is 2.35 bits per heavy atom. The molecule has 0 aromatic carbocycles. The van der Waals surface area contributed by atoms with Crippen LogP contribution in [0.4, 0.5) is 0 Å². The number of aromatic hydroxyl groups is 1. The van der Waals surface area contributed by atoms with Crippen molar-refractivity contribution in [1.29, 1.82) is 0 Å². The lowest BCUT2D eigenvalue weighted by molar-refractivity contribution is 0.0998. The van der Waals surface area contributed by atoms with Gasteiger partial charge in [-0.05, 0) is 44.4 Å². The van der Waals surface area contributed by atoms with Gasteiger partial charge >= 0.3 is 0 Å². The Hall–Kier alpha value is -2.41. The summed E-state index contributed by atoms with van der Waals surface area (Å²) in [5.41, 5.74) is 8.37. The first kappa shape index (κ1) is 15.5. The van der Waals surface area contributed by atoms with Gasteiger partial charge in [0.05, 0.1) is 23.1 Å². The predicted molar refractivity (Wildman–Crippen MR) is 84.9 cm³/mol. The number of pyridine rings is 1. The summed E-state index contributed by atoms with van der Waals surface area (Å²) in [6.45, 7) is 4.00. The van der Waals surface area contributed by atoms with Crippen LogP contribution in [0.2, 0.25) is 0 Å². The van der Waals surface area contributed by atoms with Gasteiger partial charge in [0.2, 0.25) is 0 Å². The number of primary amides is 1. The molecule has 0 aliphatic carbocycles. The second kappa shape index (κ2) is 6.37. The lowest BCUT2D eigenvalue weighted by atomic mass is 9.94. The Balaban J connectivity index is 1.58. The van der Waals surface area contributed by atoms with Crippen molar-refractivity contribution in [3.63, 3.8) is 0 Å². The molecule has 4 N–H and O–H groups in total. The molecule has 23 heavy (non-hydrogen) atoms. The number of nitrogens with zero attached hydrogens (tertiary/aromatic N) is 3. The molecule has 0 bridgehead atoms. The molecule has 3 heterocycles. The zero-order chi connectivity index (χ0) is 16.4. The normalized spacial score (nSPS) is 17.0. The molecule has 7 heteroatoms. The summed E-state index contributed by atoms with van der Waals surface area (Å²) in [5, 5.41) is 17.4. The zero-order valence-electron chi connectivity index (χ0n) is 13.1. The van der Waals surface area contributed by atoms with E-state index in [-0.39, 0.29) is 5.75 Å². The monoisotopic (exact) mass is 315 g/mol. The largest absolute Gasteiger partial charge is 0.506 e. The highest BCUT2D eigenvalue weighted by Gasteiger charge is 2.24. The third kappa shape index (κ3) is 3.34. The summed E-state index contributed by atoms with van der Waals surface area (Å²) >= 11 is 0. The molecule has 0 saturated carbocycles. The molecule has 2 aromatic heterocycles. The van der Waals surface area contributed by atoms with Gasteiger partial charge < -0.3 is 16.2 Å². The van der Waals surface area contributed by atoms with E-state index in [0.717, 1.165) is 37.3 Å². The number of hydrogen-bond acceptors (Lipinski definition) is 5. The van der Waals surface area contributed by atoms with Crippen molar-refractivity contribution in [3.8, 4) is 5.75 Å². The van der Waals surface area contributed by atoms with Gasteiger partial charge in [-0.2, -0.15) is 5.10 Å². The van der Waals surface area contributed by atoms with Crippen molar-refractivity contribution in [2.75, 3.05) is 6.54 Å². The van der Waals surface area contributed by atoms with Crippen molar-refractivity contribution in [2.45, 2.75) is 32.9 Å². The Labute approximate surface area is 134 Å². The van der Waals surface area contributed by atoms with E-state index in [2.05, 4.69) is 15.4 Å². The van der Waals surface area contributed by atoms with Crippen LogP contribution in [-0.2, 0) is 19.5 Å². The number of aromatic nitrogens is 3. The van der Waals surface area contributed by atoms with Crippen LogP contribution in [0.1, 0.15) is 33.9 Å². The van der Waals surface area contributed by atoms with Gasteiger partial charge in [0, 0.05) is 18.8 Å². The fourth-order valence-electron chi connectivity index (χ4n) is 3.01. The third-order valence-corrected chi connectivity index (χ3v) is 4.26. The topological polar surface area (TPSA) is 106 Å². The number of nitrogens with two attached hydrogens (primary N) is 1. The lowest BCUT2D eigenvalue weighted by Gasteiger charge is -2.24. The molecule has 122 valence electrons. The number of rotatable bonds is 5. The number of carbonyl (C=O) groups excluding carboxylic acids is 1. The minimum Gasteiger partial charge on any atom is -0.506 e. The van der Waals surface area contributed by atoms with E-state index in [0.29, 0.717) is 23.7 Å². The Morgan fingerprint density at radius 1 is 1.52 bits per heavy atom. The van der Waals surface area contributed by atoms with Crippen LogP contribution in [0.25, 0.3) is 0 Å². The van der Waals surface area contributed by atoms with E-state index in [1.54, 1.807) is 18.3 Å². The van der Waals surface area contributed by atoms with Crippen LogP contribution in [0.5, 0.6) is 5.75 Å². The van der Waals surface area contributed by atoms with E-state index in [9.17, 15) is 9.90 Å². The van der Waals surface area contributed by atoms with Crippen LogP contribution in [0, 0.1) is 12.8 Å². The third-order valence-electron chi connectivity index (χ3n) is 4.26. The highest BCUT2D eigenvalue weighted by molar-refractivity contribution is 5.93. The molecule has 0 radical (unpaired) electrons. The number of hydrogen-bond donors (Lipinski definition) is 3. The summed E-state index contributed by atoms with van der Waals surface area (Å²) in [7, 11) is 0. The molecule has 3 rings (SSSR count). The summed E-state index contributed by atoms with van der Waals surface area (Å²) in [6.07, 6.45) is 3.33. The van der Waals surface area contributed by atoms with Crippen molar-refractivity contribution < 1.29 is 9.90 Å². The molecule has 0 fully saturated rings. The molecule has 0 saturated heterocycles. The number of carbonyl (C=O) groups is 1. The number of nitrogens with one attached hydrogen (secondary N) is 1. The molecule has 7 nitrogen and oxygen atoms in total. The first-order chi connectivity index (χ1) is 11.0. The highest BCUT2D eigenvalue weighted by atomic mass is 16.3. The second-order valence-electron chi connectivity index (χ2n) is 6.00. The fraction of sp³-hybridized carbons (Fsp3) is 0.438. The van der Waals surface area contributed by atoms with Crippen molar-refractivity contribution >= 4 is 5.91 Å². The van der Waals surface area contributed by atoms with Gasteiger partial charge in [-0.15, -0.1) is 0 Å². The second-order valence-corrected chi connectivity index (χ2v) is 6.00. The van der Waals surface area contributed by atoms with Crippen LogP contribution in [0.3, 0.4) is 0 Å². The smallest absolute Gasteiger partial charge is 0.252 e. The number of fused-ring (bicyclic) bond motifs is 1. The van der Waals surface area contributed by atoms with Crippen LogP contribution in [0.15, 0.2) is 18.3 Å². The average Bonchev–Trinajstić information content (AvgIpc) is 2.94. The Bertz CT molecular complexity index is 725. The first-order valence-corrected chi connectivity index (χ1v) is 7.75. The summed E-state index contributed by atoms with van der Waals surface area (Å²) in [6, 6.07) is 3.45. The molecule has 2 aromatic rings. The first-order valence-electron chi connectivity index (χ1n) is 7.75. The molecule has 1 amide bonds. The van der Waals surface area contributed by atoms with Gasteiger partial charge in [0.25, 0.3) is 5.91 Å². The van der Waals surface area contributed by atoms with Crippen molar-refractivity contribution in [3.05, 3.63) is 41.0 Å². The lowest BCUT2D eigenvalue weighted by Crippen LogP contribution is -2.30. The summed E-state index contributed by atoms with van der Waals surface area (Å²) < 4.78 is 1.87. The maximum atomic E-state index is 11.4. The van der Waals surface area contributed by atoms with E-state index < -0.39 is 5.91 Å². The fourth-order valence-corrected chi connectivity index (χ4v) is 3.01. The van der Waals surface area contributed by atoms with Gasteiger partial charge in [0.15, 0.2) is 0 Å². The quantitative estimate of drug-likeness (QED) is 0.754. The standard InChI is InChI=1S/C16H21N5O2/c1-10-2-3-15(22)13(20-10)9-18-7-11-4-5-21-14(6-11)12(8-19-21)16(17)23/h2-3,8,11,18,22H,4-7,9H2,1H3,(H2,17,23). The van der Waals surface area contributed by atoms with Crippen LogP contribution >= 0.6 is 0 Å². The molecule has 1 unspecified atom stereocenters. The molecule has 1 aliphatic rings. The zero-order valence-corrected chi connectivity index (χ0v) is 13.1. The number of amides is 1. The predicted octanol–water partition coefficient (Wildman–Crippen LogP) is 0.743. The Kier molecular flexibility index (Phi) is 4.29. The van der Waals surface area contributed by atoms with Gasteiger partial charge in [-0.25, -0.2) is 0 Å². The van der Waals surface area contributed by atoms with Crippen molar-refractivity contribution in [1.82, 2.24) is 20.1 Å². The maximum absolute atomic E-state index is 11.4. The van der Waals surface area contributed by atoms with E-state index >= 15 is 0 Å². The molecular formula is C16H21N5O2. The van der Waals surface area contributed by atoms with Crippen LogP contribution < -0.4 is 11.1 Å². The van der Waals surface area contributed by atoms with E-state index in [4.69, 9.17) is 5.73 Å². The van der Waals surface area contributed by atoms with E-state index in [1.807, 2.05) is 11.6 Å². The maximum Gasteiger partial charge on any atom is 0.252 e. The summed E-state index contributed by atoms with van der Waals surface area (Å²) in [4.78, 5) is 15.8. The van der Waals surface area contributed by atoms with Crippen molar-refractivity contribution in [2.24, 2.45) is 11.7 Å². The highest BCUT2D eigenvalue weighted by Crippen LogP contribution is 2.22. The van der Waals surface area contributed by atoms with Gasteiger partial charge in [-0.1, -0.05) is 0 Å². The Morgan fingerprint density at radius 3 is 3.13 bits per heavy atom. The molecule has 1 aliphatic heterocycles. The minimum absolute atomic E-state index is 0.209. The van der Waals surface area contributed by atoms with Gasteiger partial charge in [-0.3, -0.25) is 14.5 Å². The summed E-state index contributed by atoms with van der Waals surface area (Å²) in [5.74, 6) is 0.193. The molecular weight excluding hydrogens is 294 g/mol. The SMILES string of the molecule is Cc1ccc(O)c(CNCC2CCn3ncc(C(N)=O)c3C2)n1. The number of aryl methyl sites for hydroxylation is 2. The molecule has 0 spiro atoms. The van der Waals surface area contributed by atoms with Gasteiger partial charge in [0.1, 0.15) is 5.75 Å². The van der Waals surface area contributed by atoms with E-state index in [1.165, 1.54) is 0 Å².